The molecular weight excluding hydrogens is 377 g/mol. The van der Waals surface area contributed by atoms with Gasteiger partial charge in [0, 0.05) is 6.54 Å². The van der Waals surface area contributed by atoms with E-state index in [4.69, 9.17) is 4.74 Å². The molecule has 1 aromatic rings. The first-order valence-corrected chi connectivity index (χ1v) is 7.55. The van der Waals surface area contributed by atoms with Crippen LogP contribution < -0.4 is 4.74 Å². The van der Waals surface area contributed by atoms with Gasteiger partial charge in [-0.05, 0) is 65.0 Å². The lowest BCUT2D eigenvalue weighted by Gasteiger charge is -2.07. The lowest BCUT2D eigenvalue weighted by atomic mass is 10.2. The van der Waals surface area contributed by atoms with Crippen LogP contribution in [-0.2, 0) is 4.79 Å². The standard InChI is InChI=1S/C13H12INO3S/c1-3-15-12(16)11(19-13(15)17)7-8-4-5-10(18-2)9(14)6-8/h4-7H,3H2,1-2H3/b11-7+. The van der Waals surface area contributed by atoms with Crippen molar-refractivity contribution < 1.29 is 14.3 Å². The number of halogens is 1. The molecule has 1 fully saturated rings. The molecular formula is C13H12INO3S. The average molecular weight is 389 g/mol. The van der Waals surface area contributed by atoms with E-state index in [2.05, 4.69) is 22.6 Å². The van der Waals surface area contributed by atoms with Crippen molar-refractivity contribution >= 4 is 51.6 Å². The highest BCUT2D eigenvalue weighted by molar-refractivity contribution is 14.1. The minimum atomic E-state index is -0.219. The van der Waals surface area contributed by atoms with Crippen LogP contribution >= 0.6 is 34.4 Å². The Kier molecular flexibility index (Phi) is 4.51. The lowest BCUT2D eigenvalue weighted by Crippen LogP contribution is -2.27. The number of imide groups is 1. The summed E-state index contributed by atoms with van der Waals surface area (Å²) in [5, 5.41) is -0.207. The molecule has 0 radical (unpaired) electrons. The number of carbonyl (C=O) groups excluding carboxylic acids is 2. The first-order valence-electron chi connectivity index (χ1n) is 5.65. The Morgan fingerprint density at radius 1 is 1.42 bits per heavy atom. The first kappa shape index (κ1) is 14.4. The molecule has 1 aliphatic heterocycles. The molecule has 100 valence electrons. The van der Waals surface area contributed by atoms with Gasteiger partial charge in [0.15, 0.2) is 0 Å². The quantitative estimate of drug-likeness (QED) is 0.588. The molecule has 4 nitrogen and oxygen atoms in total. The fourth-order valence-electron chi connectivity index (χ4n) is 1.70. The van der Waals surface area contributed by atoms with Gasteiger partial charge in [0.05, 0.1) is 15.6 Å². The van der Waals surface area contributed by atoms with Gasteiger partial charge in [0.2, 0.25) is 0 Å². The second kappa shape index (κ2) is 5.96. The van der Waals surface area contributed by atoms with Crippen LogP contribution in [0.5, 0.6) is 5.75 Å². The van der Waals surface area contributed by atoms with Crippen molar-refractivity contribution in [1.82, 2.24) is 4.90 Å². The van der Waals surface area contributed by atoms with Crippen molar-refractivity contribution in [3.05, 3.63) is 32.2 Å². The van der Waals surface area contributed by atoms with Crippen LogP contribution in [0.1, 0.15) is 12.5 Å². The molecule has 19 heavy (non-hydrogen) atoms. The normalized spacial score (nSPS) is 17.4. The fourth-order valence-corrected chi connectivity index (χ4v) is 3.36. The maximum atomic E-state index is 11.9. The summed E-state index contributed by atoms with van der Waals surface area (Å²) >= 11 is 3.15. The molecule has 1 saturated heterocycles. The molecule has 0 atom stereocenters. The fraction of sp³-hybridized carbons (Fsp3) is 0.231. The predicted octanol–water partition coefficient (Wildman–Crippen LogP) is 3.36. The van der Waals surface area contributed by atoms with Gasteiger partial charge in [-0.15, -0.1) is 0 Å². The molecule has 0 N–H and O–H groups in total. The van der Waals surface area contributed by atoms with Crippen LogP contribution in [-0.4, -0.2) is 29.7 Å². The van der Waals surface area contributed by atoms with Crippen molar-refractivity contribution in [2.75, 3.05) is 13.7 Å². The highest BCUT2D eigenvalue weighted by Gasteiger charge is 2.33. The molecule has 0 aliphatic carbocycles. The summed E-state index contributed by atoms with van der Waals surface area (Å²) in [7, 11) is 1.61. The number of methoxy groups -OCH3 is 1. The third-order valence-electron chi connectivity index (χ3n) is 2.66. The van der Waals surface area contributed by atoms with E-state index >= 15 is 0 Å². The predicted molar refractivity (Wildman–Crippen MR) is 84.1 cm³/mol. The van der Waals surface area contributed by atoms with E-state index in [9.17, 15) is 9.59 Å². The Morgan fingerprint density at radius 2 is 2.16 bits per heavy atom. The topological polar surface area (TPSA) is 46.6 Å². The van der Waals surface area contributed by atoms with Gasteiger partial charge in [0.25, 0.3) is 11.1 Å². The van der Waals surface area contributed by atoms with Crippen LogP contribution in [0.15, 0.2) is 23.1 Å². The number of rotatable bonds is 3. The van der Waals surface area contributed by atoms with Crippen molar-refractivity contribution in [3.63, 3.8) is 0 Å². The molecule has 0 spiro atoms. The molecule has 2 rings (SSSR count). The Bertz CT molecular complexity index is 571. The zero-order valence-corrected chi connectivity index (χ0v) is 13.4. The lowest BCUT2D eigenvalue weighted by molar-refractivity contribution is -0.122. The number of likely N-dealkylation sites (N-methyl/N-ethyl adjacent to an activating group) is 1. The Hall–Kier alpha value is -1.02. The maximum Gasteiger partial charge on any atom is 0.293 e. The maximum absolute atomic E-state index is 11.9. The third kappa shape index (κ3) is 2.94. The molecule has 0 saturated carbocycles. The SMILES string of the molecule is CCN1C(=O)S/C(=C/c2ccc(OC)c(I)c2)C1=O. The second-order valence-corrected chi connectivity index (χ2v) is 5.98. The largest absolute Gasteiger partial charge is 0.496 e. The van der Waals surface area contributed by atoms with Gasteiger partial charge in [-0.1, -0.05) is 6.07 Å². The Morgan fingerprint density at radius 3 is 2.68 bits per heavy atom. The van der Waals surface area contributed by atoms with Gasteiger partial charge in [0.1, 0.15) is 5.75 Å². The van der Waals surface area contributed by atoms with Gasteiger partial charge in [-0.3, -0.25) is 14.5 Å². The number of amides is 2. The van der Waals surface area contributed by atoms with E-state index in [1.807, 2.05) is 18.2 Å². The van der Waals surface area contributed by atoms with Crippen LogP contribution in [0.25, 0.3) is 6.08 Å². The zero-order chi connectivity index (χ0) is 14.0. The summed E-state index contributed by atoms with van der Waals surface area (Å²) < 4.78 is 6.14. The number of benzene rings is 1. The number of thioether (sulfide) groups is 1. The Labute approximate surface area is 129 Å². The minimum Gasteiger partial charge on any atom is -0.496 e. The summed E-state index contributed by atoms with van der Waals surface area (Å²) in [5.41, 5.74) is 0.881. The minimum absolute atomic E-state index is 0.207. The number of carbonyl (C=O) groups is 2. The van der Waals surface area contributed by atoms with Crippen molar-refractivity contribution in [3.8, 4) is 5.75 Å². The van der Waals surface area contributed by atoms with Crippen LogP contribution in [0, 0.1) is 3.57 Å². The van der Waals surface area contributed by atoms with Gasteiger partial charge >= 0.3 is 0 Å². The smallest absolute Gasteiger partial charge is 0.293 e. The van der Waals surface area contributed by atoms with Crippen LogP contribution in [0.4, 0.5) is 4.79 Å². The third-order valence-corrected chi connectivity index (χ3v) is 4.41. The van der Waals surface area contributed by atoms with E-state index in [1.54, 1.807) is 20.1 Å². The molecule has 0 bridgehead atoms. The summed E-state index contributed by atoms with van der Waals surface area (Å²) in [4.78, 5) is 25.2. The van der Waals surface area contributed by atoms with Crippen molar-refractivity contribution in [1.29, 1.82) is 0 Å². The summed E-state index contributed by atoms with van der Waals surface area (Å²) in [6.45, 7) is 2.19. The van der Waals surface area contributed by atoms with E-state index in [1.165, 1.54) is 4.90 Å². The molecule has 1 aliphatic rings. The van der Waals surface area contributed by atoms with Crippen molar-refractivity contribution in [2.45, 2.75) is 6.92 Å². The van der Waals surface area contributed by atoms with Crippen LogP contribution in [0.3, 0.4) is 0 Å². The molecule has 0 aromatic heterocycles. The van der Waals surface area contributed by atoms with Gasteiger partial charge < -0.3 is 4.74 Å². The highest BCUT2D eigenvalue weighted by atomic mass is 127. The zero-order valence-electron chi connectivity index (χ0n) is 10.5. The molecule has 1 heterocycles. The molecule has 1 aromatic carbocycles. The molecule has 6 heteroatoms. The van der Waals surface area contributed by atoms with E-state index in [0.29, 0.717) is 11.4 Å². The number of hydrogen-bond acceptors (Lipinski definition) is 4. The summed E-state index contributed by atoms with van der Waals surface area (Å²) in [6.07, 6.45) is 1.74. The van der Waals surface area contributed by atoms with Crippen LogP contribution in [0.2, 0.25) is 0 Å². The van der Waals surface area contributed by atoms with E-state index in [-0.39, 0.29) is 11.1 Å². The number of hydrogen-bond donors (Lipinski definition) is 0. The Balaban J connectivity index is 2.30. The summed E-state index contributed by atoms with van der Waals surface area (Å²) in [5.74, 6) is 0.572. The highest BCUT2D eigenvalue weighted by Crippen LogP contribution is 2.32. The second-order valence-electron chi connectivity index (χ2n) is 3.82. The average Bonchev–Trinajstić information content (AvgIpc) is 2.64. The number of ether oxygens (including phenoxy) is 1. The van der Waals surface area contributed by atoms with E-state index in [0.717, 1.165) is 26.6 Å². The first-order chi connectivity index (χ1) is 9.06. The van der Waals surface area contributed by atoms with Gasteiger partial charge in [-0.25, -0.2) is 0 Å². The van der Waals surface area contributed by atoms with Gasteiger partial charge in [-0.2, -0.15) is 0 Å². The molecule has 2 amide bonds. The summed E-state index contributed by atoms with van der Waals surface area (Å²) in [6, 6.07) is 5.62. The van der Waals surface area contributed by atoms with E-state index < -0.39 is 0 Å². The number of nitrogens with zero attached hydrogens (tertiary/aromatic N) is 1. The molecule has 0 unspecified atom stereocenters. The monoisotopic (exact) mass is 389 g/mol. The van der Waals surface area contributed by atoms with Crippen molar-refractivity contribution in [2.24, 2.45) is 0 Å².